The first-order valence-corrected chi connectivity index (χ1v) is 13.3. The van der Waals surface area contributed by atoms with Gasteiger partial charge in [-0.3, -0.25) is 0 Å². The quantitative estimate of drug-likeness (QED) is 0.441. The summed E-state index contributed by atoms with van der Waals surface area (Å²) < 4.78 is 0. The first-order chi connectivity index (χ1) is 16.3. The van der Waals surface area contributed by atoms with Gasteiger partial charge in [-0.1, -0.05) is 124 Å². The van der Waals surface area contributed by atoms with Crippen LogP contribution in [0.2, 0.25) is 0 Å². The lowest BCUT2D eigenvalue weighted by molar-refractivity contribution is 0.166. The molecular weight excluding hydrogens is 408 g/mol. The zero-order chi connectivity index (χ0) is 23.6. The highest BCUT2D eigenvalue weighted by Gasteiger charge is 2.62. The first-order valence-electron chi connectivity index (χ1n) is 13.3. The van der Waals surface area contributed by atoms with Crippen molar-refractivity contribution in [1.82, 2.24) is 0 Å². The highest BCUT2D eigenvalue weighted by atomic mass is 14.6. The Kier molecular flexibility index (Phi) is 4.80. The minimum Gasteiger partial charge on any atom is -0.0801 e. The van der Waals surface area contributed by atoms with Gasteiger partial charge in [0.25, 0.3) is 0 Å². The third kappa shape index (κ3) is 2.78. The van der Waals surface area contributed by atoms with E-state index in [1.807, 2.05) is 0 Å². The van der Waals surface area contributed by atoms with Crippen LogP contribution in [0.3, 0.4) is 0 Å². The van der Waals surface area contributed by atoms with Crippen LogP contribution in [-0.2, 0) is 10.8 Å². The molecule has 2 aromatic rings. The number of hydrogen-bond acceptors (Lipinski definition) is 0. The van der Waals surface area contributed by atoms with Crippen LogP contribution in [0.1, 0.15) is 77.3 Å². The maximum atomic E-state index is 2.47. The van der Waals surface area contributed by atoms with Gasteiger partial charge in [-0.15, -0.1) is 0 Å². The summed E-state index contributed by atoms with van der Waals surface area (Å²) in [5.41, 5.74) is 10.1. The van der Waals surface area contributed by atoms with Gasteiger partial charge in [0.05, 0.1) is 0 Å². The van der Waals surface area contributed by atoms with Crippen molar-refractivity contribution >= 4 is 0 Å². The fourth-order valence-corrected chi connectivity index (χ4v) is 8.18. The molecule has 0 amide bonds. The minimum absolute atomic E-state index is 0.0208. The lowest BCUT2D eigenvalue weighted by atomic mass is 9.42. The lowest BCUT2D eigenvalue weighted by Crippen LogP contribution is -2.56. The Bertz CT molecular complexity index is 1130. The summed E-state index contributed by atoms with van der Waals surface area (Å²) in [6.07, 6.45) is 16.9. The first kappa shape index (κ1) is 21.9. The van der Waals surface area contributed by atoms with Gasteiger partial charge in [-0.05, 0) is 71.6 Å². The molecule has 6 rings (SSSR count). The molecule has 174 valence electrons. The van der Waals surface area contributed by atoms with E-state index in [1.54, 1.807) is 22.3 Å². The average Bonchev–Trinajstić information content (AvgIpc) is 3.54. The van der Waals surface area contributed by atoms with Crippen molar-refractivity contribution in [2.45, 2.75) is 77.0 Å². The zero-order valence-corrected chi connectivity index (χ0v) is 21.3. The lowest BCUT2D eigenvalue weighted by Gasteiger charge is -2.60. The second kappa shape index (κ2) is 7.45. The smallest absolute Gasteiger partial charge is 0.0305 e. The molecule has 0 N–H and O–H groups in total. The number of hydrogen-bond donors (Lipinski definition) is 0. The third-order valence-electron chi connectivity index (χ3n) is 9.86. The molecule has 0 bridgehead atoms. The van der Waals surface area contributed by atoms with Crippen molar-refractivity contribution in [2.75, 3.05) is 0 Å². The molecule has 2 atom stereocenters. The molecule has 0 aromatic heterocycles. The van der Waals surface area contributed by atoms with Crippen LogP contribution in [0.4, 0.5) is 0 Å². The molecule has 0 heteroatoms. The van der Waals surface area contributed by atoms with Gasteiger partial charge in [-0.25, -0.2) is 0 Å². The number of allylic oxidation sites excluding steroid dienone is 8. The van der Waals surface area contributed by atoms with Gasteiger partial charge in [0.2, 0.25) is 0 Å². The second-order valence-electron chi connectivity index (χ2n) is 12.3. The van der Waals surface area contributed by atoms with Crippen molar-refractivity contribution in [3.8, 4) is 0 Å². The molecule has 0 heterocycles. The Morgan fingerprint density at radius 2 is 0.882 bits per heavy atom. The van der Waals surface area contributed by atoms with E-state index in [0.717, 1.165) is 12.8 Å². The summed E-state index contributed by atoms with van der Waals surface area (Å²) in [7, 11) is 0. The monoisotopic (exact) mass is 446 g/mol. The Hall–Kier alpha value is -2.60. The minimum atomic E-state index is -0.0208. The van der Waals surface area contributed by atoms with E-state index in [-0.39, 0.29) is 21.7 Å². The molecule has 0 nitrogen and oxygen atoms in total. The summed E-state index contributed by atoms with van der Waals surface area (Å²) >= 11 is 0. The average molecular weight is 447 g/mol. The normalized spacial score (nSPS) is 31.1. The van der Waals surface area contributed by atoms with E-state index in [2.05, 4.69) is 113 Å². The number of benzene rings is 2. The molecule has 4 aliphatic rings. The van der Waals surface area contributed by atoms with Crippen LogP contribution >= 0.6 is 0 Å². The van der Waals surface area contributed by atoms with E-state index < -0.39 is 0 Å². The van der Waals surface area contributed by atoms with Gasteiger partial charge < -0.3 is 0 Å². The summed E-state index contributed by atoms with van der Waals surface area (Å²) in [6.45, 7) is 9.86. The van der Waals surface area contributed by atoms with Crippen molar-refractivity contribution in [3.63, 3.8) is 0 Å². The van der Waals surface area contributed by atoms with Crippen molar-refractivity contribution in [2.24, 2.45) is 10.8 Å². The standard InChI is InChI=1S/C34H38/c1-31(2)21-23-33(25-13-7-5-8-14-25,29-19-11-17-27(29)31)34(26-15-9-6-10-16-26)24-22-32(3,4)28-18-12-20-30(28)34/h5-18H,19-24H2,1-4H3/t33-,34-/m0/s1. The topological polar surface area (TPSA) is 0 Å². The Labute approximate surface area is 206 Å². The molecule has 0 radical (unpaired) electrons. The molecule has 0 aliphatic heterocycles. The molecule has 0 saturated carbocycles. The van der Waals surface area contributed by atoms with E-state index >= 15 is 0 Å². The van der Waals surface area contributed by atoms with Crippen molar-refractivity contribution in [3.05, 3.63) is 118 Å². The Balaban J connectivity index is 1.76. The van der Waals surface area contributed by atoms with Crippen LogP contribution in [-0.4, -0.2) is 0 Å². The van der Waals surface area contributed by atoms with E-state index in [0.29, 0.717) is 0 Å². The highest BCUT2D eigenvalue weighted by molar-refractivity contribution is 5.63. The van der Waals surface area contributed by atoms with Gasteiger partial charge in [0.1, 0.15) is 0 Å². The molecule has 0 unspecified atom stereocenters. The molecule has 0 fully saturated rings. The molecule has 2 aromatic carbocycles. The van der Waals surface area contributed by atoms with Crippen LogP contribution in [0, 0.1) is 10.8 Å². The Morgan fingerprint density at radius 1 is 0.500 bits per heavy atom. The van der Waals surface area contributed by atoms with E-state index in [4.69, 9.17) is 0 Å². The fourth-order valence-electron chi connectivity index (χ4n) is 8.18. The summed E-state index contributed by atoms with van der Waals surface area (Å²) in [5.74, 6) is 0. The van der Waals surface area contributed by atoms with Crippen LogP contribution in [0.25, 0.3) is 0 Å². The predicted octanol–water partition coefficient (Wildman–Crippen LogP) is 9.02. The molecule has 0 saturated heterocycles. The van der Waals surface area contributed by atoms with Crippen molar-refractivity contribution < 1.29 is 0 Å². The van der Waals surface area contributed by atoms with E-state index in [9.17, 15) is 0 Å². The number of rotatable bonds is 3. The second-order valence-corrected chi connectivity index (χ2v) is 12.3. The molecule has 4 aliphatic carbocycles. The maximum absolute atomic E-state index is 2.47. The summed E-state index contributed by atoms with van der Waals surface area (Å²) in [5, 5.41) is 0. The zero-order valence-electron chi connectivity index (χ0n) is 21.3. The fraction of sp³-hybridized carbons (Fsp3) is 0.412. The van der Waals surface area contributed by atoms with Gasteiger partial charge >= 0.3 is 0 Å². The van der Waals surface area contributed by atoms with Gasteiger partial charge in [0, 0.05) is 10.8 Å². The van der Waals surface area contributed by atoms with Gasteiger partial charge in [0.15, 0.2) is 0 Å². The van der Waals surface area contributed by atoms with Gasteiger partial charge in [-0.2, -0.15) is 0 Å². The summed E-state index contributed by atoms with van der Waals surface area (Å²) in [6, 6.07) is 23.2. The molecular formula is C34H38. The van der Waals surface area contributed by atoms with Crippen LogP contribution in [0.5, 0.6) is 0 Å². The molecule has 34 heavy (non-hydrogen) atoms. The predicted molar refractivity (Wildman–Crippen MR) is 144 cm³/mol. The largest absolute Gasteiger partial charge is 0.0801 e. The van der Waals surface area contributed by atoms with Crippen LogP contribution in [0.15, 0.2) is 107 Å². The third-order valence-corrected chi connectivity index (χ3v) is 9.86. The SMILES string of the molecule is CC1(C)CC[C@@](c2ccccc2)([C@]2(c3ccccc3)CCC(C)(C)C3=C2CC=C3)C2=C1C=CC2. The van der Waals surface area contributed by atoms with Crippen LogP contribution < -0.4 is 0 Å². The highest BCUT2D eigenvalue weighted by Crippen LogP contribution is 2.68. The summed E-state index contributed by atoms with van der Waals surface area (Å²) in [4.78, 5) is 0. The Morgan fingerprint density at radius 3 is 1.26 bits per heavy atom. The maximum Gasteiger partial charge on any atom is 0.0305 e. The van der Waals surface area contributed by atoms with Crippen molar-refractivity contribution in [1.29, 1.82) is 0 Å². The molecule has 0 spiro atoms. The van der Waals surface area contributed by atoms with E-state index in [1.165, 1.54) is 36.8 Å².